The predicted molar refractivity (Wildman–Crippen MR) is 41.3 cm³/mol. The SMILES string of the molecule is [2H]C(O)CNC(=O)OC(C)(C)C. The Morgan fingerprint density at radius 3 is 2.64 bits per heavy atom. The number of alkyl carbamates (subject to hydrolysis) is 1. The van der Waals surface area contributed by atoms with E-state index in [1.54, 1.807) is 20.8 Å². The number of carbonyl (C=O) groups excluding carboxylic acids is 1. The third kappa shape index (κ3) is 7.12. The first-order valence-corrected chi connectivity index (χ1v) is 3.38. The third-order valence-electron chi connectivity index (χ3n) is 0.737. The standard InChI is InChI=1S/C7H15NO3/c1-7(2,3)11-6(10)8-4-5-9/h9H,4-5H2,1-3H3,(H,8,10)/i5D. The lowest BCUT2D eigenvalue weighted by Crippen LogP contribution is -2.33. The molecule has 1 atom stereocenters. The fourth-order valence-electron chi connectivity index (χ4n) is 0.443. The van der Waals surface area contributed by atoms with Crippen LogP contribution in [0, 0.1) is 0 Å². The van der Waals surface area contributed by atoms with Gasteiger partial charge in [0.05, 0.1) is 7.95 Å². The van der Waals surface area contributed by atoms with Gasteiger partial charge in [0, 0.05) is 6.54 Å². The van der Waals surface area contributed by atoms with Crippen LogP contribution in [0.3, 0.4) is 0 Å². The van der Waals surface area contributed by atoms with Crippen LogP contribution in [-0.4, -0.2) is 29.9 Å². The minimum Gasteiger partial charge on any atom is -0.444 e. The summed E-state index contributed by atoms with van der Waals surface area (Å²) in [6.07, 6.45) is -0.617. The number of hydrogen-bond acceptors (Lipinski definition) is 3. The topological polar surface area (TPSA) is 58.6 Å². The number of aliphatic hydroxyl groups is 1. The lowest BCUT2D eigenvalue weighted by Gasteiger charge is -2.19. The van der Waals surface area contributed by atoms with Crippen molar-refractivity contribution in [1.29, 1.82) is 0 Å². The van der Waals surface area contributed by atoms with E-state index in [1.807, 2.05) is 0 Å². The average Bonchev–Trinajstić information content (AvgIpc) is 1.79. The molecule has 0 aliphatic heterocycles. The Morgan fingerprint density at radius 2 is 2.27 bits per heavy atom. The summed E-state index contributed by atoms with van der Waals surface area (Å²) in [6.45, 7) is 3.81. The second-order valence-corrected chi connectivity index (χ2v) is 3.07. The van der Waals surface area contributed by atoms with Crippen molar-refractivity contribution in [3.63, 3.8) is 0 Å². The van der Waals surface area contributed by atoms with Gasteiger partial charge in [0.15, 0.2) is 0 Å². The minimum absolute atomic E-state index is 0.116. The van der Waals surface area contributed by atoms with Crippen LogP contribution in [0.2, 0.25) is 0 Å². The average molecular weight is 162 g/mol. The zero-order valence-corrected chi connectivity index (χ0v) is 7.05. The van der Waals surface area contributed by atoms with Crippen molar-refractivity contribution in [2.24, 2.45) is 0 Å². The minimum atomic E-state index is -1.29. The summed E-state index contributed by atoms with van der Waals surface area (Å²) in [5.41, 5.74) is -0.545. The molecule has 0 aliphatic rings. The van der Waals surface area contributed by atoms with Gasteiger partial charge in [0.25, 0.3) is 0 Å². The van der Waals surface area contributed by atoms with Crippen LogP contribution < -0.4 is 5.32 Å². The number of aliphatic hydroxyl groups excluding tert-OH is 1. The van der Waals surface area contributed by atoms with Gasteiger partial charge >= 0.3 is 6.09 Å². The van der Waals surface area contributed by atoms with E-state index in [9.17, 15) is 4.79 Å². The van der Waals surface area contributed by atoms with Gasteiger partial charge in [-0.25, -0.2) is 4.79 Å². The van der Waals surface area contributed by atoms with Gasteiger partial charge in [-0.3, -0.25) is 0 Å². The van der Waals surface area contributed by atoms with Crippen molar-refractivity contribution in [1.82, 2.24) is 5.32 Å². The predicted octanol–water partition coefficient (Wildman–Crippen LogP) is 0.503. The fraction of sp³-hybridized carbons (Fsp3) is 0.857. The number of rotatable bonds is 2. The first-order valence-electron chi connectivity index (χ1n) is 3.96. The molecule has 0 aromatic rings. The van der Waals surface area contributed by atoms with E-state index in [1.165, 1.54) is 0 Å². The summed E-state index contributed by atoms with van der Waals surface area (Å²) >= 11 is 0. The highest BCUT2D eigenvalue weighted by Crippen LogP contribution is 2.05. The van der Waals surface area contributed by atoms with Crippen LogP contribution in [0.4, 0.5) is 4.79 Å². The van der Waals surface area contributed by atoms with Crippen LogP contribution in [-0.2, 0) is 4.74 Å². The van der Waals surface area contributed by atoms with Crippen molar-refractivity contribution in [2.45, 2.75) is 26.4 Å². The Hall–Kier alpha value is -0.770. The monoisotopic (exact) mass is 162 g/mol. The summed E-state index contributed by atoms with van der Waals surface area (Å²) in [7, 11) is 0. The Bertz CT molecular complexity index is 153. The molecule has 4 nitrogen and oxygen atoms in total. The number of amides is 1. The van der Waals surface area contributed by atoms with Gasteiger partial charge in [-0.1, -0.05) is 0 Å². The Kier molecular flexibility index (Phi) is 3.16. The Labute approximate surface area is 68.0 Å². The molecule has 0 spiro atoms. The Morgan fingerprint density at radius 1 is 1.73 bits per heavy atom. The van der Waals surface area contributed by atoms with E-state index in [4.69, 9.17) is 11.2 Å². The molecular formula is C7H15NO3. The second-order valence-electron chi connectivity index (χ2n) is 3.07. The normalized spacial score (nSPS) is 15.1. The van der Waals surface area contributed by atoms with Crippen LogP contribution >= 0.6 is 0 Å². The molecule has 1 amide bonds. The molecule has 4 heteroatoms. The van der Waals surface area contributed by atoms with Crippen LogP contribution in [0.1, 0.15) is 22.1 Å². The molecule has 0 aromatic carbocycles. The maximum Gasteiger partial charge on any atom is 0.407 e. The van der Waals surface area contributed by atoms with Gasteiger partial charge in [-0.2, -0.15) is 0 Å². The van der Waals surface area contributed by atoms with Crippen molar-refractivity contribution in [2.75, 3.05) is 13.1 Å². The molecule has 0 saturated heterocycles. The number of nitrogens with one attached hydrogen (secondary N) is 1. The molecule has 66 valence electrons. The van der Waals surface area contributed by atoms with Crippen molar-refractivity contribution in [3.05, 3.63) is 0 Å². The molecule has 0 saturated carbocycles. The summed E-state index contributed by atoms with van der Waals surface area (Å²) in [4.78, 5) is 10.8. The van der Waals surface area contributed by atoms with E-state index >= 15 is 0 Å². The number of carbonyl (C=O) groups is 1. The molecule has 0 radical (unpaired) electrons. The molecule has 0 rings (SSSR count). The molecule has 11 heavy (non-hydrogen) atoms. The van der Waals surface area contributed by atoms with E-state index in [0.29, 0.717) is 0 Å². The molecule has 1 unspecified atom stereocenters. The highest BCUT2D eigenvalue weighted by molar-refractivity contribution is 5.67. The number of hydrogen-bond donors (Lipinski definition) is 2. The van der Waals surface area contributed by atoms with E-state index in [0.717, 1.165) is 0 Å². The highest BCUT2D eigenvalue weighted by Gasteiger charge is 2.14. The zero-order valence-electron chi connectivity index (χ0n) is 8.05. The molecule has 0 heterocycles. The van der Waals surface area contributed by atoms with Gasteiger partial charge < -0.3 is 15.2 Å². The maximum atomic E-state index is 10.8. The molecule has 0 aromatic heterocycles. The largest absolute Gasteiger partial charge is 0.444 e. The van der Waals surface area contributed by atoms with Crippen molar-refractivity contribution in [3.8, 4) is 0 Å². The summed E-state index contributed by atoms with van der Waals surface area (Å²) in [5, 5.41) is 10.7. The first-order chi connectivity index (χ1) is 5.31. The summed E-state index contributed by atoms with van der Waals surface area (Å²) in [6, 6.07) is 0. The maximum absolute atomic E-state index is 10.8. The summed E-state index contributed by atoms with van der Waals surface area (Å²) in [5.74, 6) is 0. The molecule has 2 N–H and O–H groups in total. The molecular weight excluding hydrogens is 146 g/mol. The Balaban J connectivity index is 3.61. The molecule has 0 fully saturated rings. The molecule has 0 bridgehead atoms. The lowest BCUT2D eigenvalue weighted by atomic mass is 10.2. The quantitative estimate of drug-likeness (QED) is 0.621. The lowest BCUT2D eigenvalue weighted by molar-refractivity contribution is 0.0518. The van der Waals surface area contributed by atoms with Crippen LogP contribution in [0.25, 0.3) is 0 Å². The first kappa shape index (κ1) is 8.33. The second kappa shape index (κ2) is 4.18. The summed E-state index contributed by atoms with van der Waals surface area (Å²) < 4.78 is 11.5. The molecule has 0 aliphatic carbocycles. The number of ether oxygens (including phenoxy) is 1. The van der Waals surface area contributed by atoms with E-state index < -0.39 is 18.3 Å². The van der Waals surface area contributed by atoms with Gasteiger partial charge in [-0.15, -0.1) is 0 Å². The fourth-order valence-corrected chi connectivity index (χ4v) is 0.443. The van der Waals surface area contributed by atoms with Crippen molar-refractivity contribution >= 4 is 6.09 Å². The van der Waals surface area contributed by atoms with Gasteiger partial charge in [-0.05, 0) is 20.8 Å². The van der Waals surface area contributed by atoms with Crippen LogP contribution in [0.15, 0.2) is 0 Å². The van der Waals surface area contributed by atoms with E-state index in [2.05, 4.69) is 5.32 Å². The van der Waals surface area contributed by atoms with Gasteiger partial charge in [0.2, 0.25) is 0 Å². The third-order valence-corrected chi connectivity index (χ3v) is 0.737. The van der Waals surface area contributed by atoms with Crippen molar-refractivity contribution < 1.29 is 16.0 Å². The van der Waals surface area contributed by atoms with Gasteiger partial charge in [0.1, 0.15) is 5.60 Å². The van der Waals surface area contributed by atoms with Crippen LogP contribution in [0.5, 0.6) is 0 Å². The van der Waals surface area contributed by atoms with E-state index in [-0.39, 0.29) is 6.54 Å². The zero-order chi connectivity index (χ0) is 9.78. The highest BCUT2D eigenvalue weighted by atomic mass is 16.6. The smallest absolute Gasteiger partial charge is 0.407 e.